The zero-order valence-corrected chi connectivity index (χ0v) is 9.62. The second kappa shape index (κ2) is 5.60. The van der Waals surface area contributed by atoms with Gasteiger partial charge in [0.1, 0.15) is 5.82 Å². The van der Waals surface area contributed by atoms with Crippen LogP contribution in [0.5, 0.6) is 0 Å². The van der Waals surface area contributed by atoms with Crippen LogP contribution in [-0.4, -0.2) is 0 Å². The van der Waals surface area contributed by atoms with Gasteiger partial charge in [-0.25, -0.2) is 4.39 Å². The monoisotopic (exact) mass is 228 g/mol. The average molecular weight is 228 g/mol. The molecule has 0 heterocycles. The highest BCUT2D eigenvalue weighted by atomic mass is 19.1. The van der Waals surface area contributed by atoms with Gasteiger partial charge >= 0.3 is 0 Å². The molecule has 0 spiro atoms. The molecule has 2 heteroatoms. The molecule has 2 rings (SSSR count). The van der Waals surface area contributed by atoms with Crippen molar-refractivity contribution in [3.05, 3.63) is 78.0 Å². The van der Waals surface area contributed by atoms with E-state index >= 15 is 0 Å². The Kier molecular flexibility index (Phi) is 3.89. The first-order chi connectivity index (χ1) is 8.24. The molecule has 0 atom stereocenters. The van der Waals surface area contributed by atoms with Crippen molar-refractivity contribution in [2.24, 2.45) is 0 Å². The fourth-order valence-electron chi connectivity index (χ4n) is 1.61. The minimum absolute atomic E-state index is 0.195. The third-order valence-corrected chi connectivity index (χ3v) is 2.59. The second-order valence-electron chi connectivity index (χ2n) is 4.05. The molecule has 0 aliphatic carbocycles. The Balaban J connectivity index is 1.83. The average Bonchev–Trinajstić information content (AvgIpc) is 2.34. The highest BCUT2D eigenvalue weighted by Crippen LogP contribution is 2.05. The number of hydrogen-bond acceptors (Lipinski definition) is 1. The van der Waals surface area contributed by atoms with Gasteiger partial charge in [0, 0.05) is 13.1 Å². The number of benzene rings is 2. The summed E-state index contributed by atoms with van der Waals surface area (Å²) in [6.45, 7) is 5.39. The first-order valence-corrected chi connectivity index (χ1v) is 5.60. The Morgan fingerprint density at radius 3 is 1.82 bits per heavy atom. The van der Waals surface area contributed by atoms with E-state index in [4.69, 9.17) is 0 Å². The van der Waals surface area contributed by atoms with E-state index in [-0.39, 0.29) is 5.82 Å². The molecule has 2 aromatic carbocycles. The fraction of sp³-hybridized carbons (Fsp3) is 0.133. The summed E-state index contributed by atoms with van der Waals surface area (Å²) in [6, 6.07) is 14.6. The molecule has 0 unspecified atom stereocenters. The van der Waals surface area contributed by atoms with Crippen LogP contribution in [0.2, 0.25) is 0 Å². The SMILES string of the molecule is [CH2]c1ccc(CNCc2ccc(F)cc2)cc1. The van der Waals surface area contributed by atoms with Crippen LogP contribution in [0.1, 0.15) is 16.7 Å². The minimum atomic E-state index is -0.195. The molecule has 0 bridgehead atoms. The van der Waals surface area contributed by atoms with Crippen LogP contribution in [0.25, 0.3) is 0 Å². The maximum absolute atomic E-state index is 12.7. The van der Waals surface area contributed by atoms with Crippen LogP contribution in [0.4, 0.5) is 4.39 Å². The van der Waals surface area contributed by atoms with Crippen molar-refractivity contribution in [2.75, 3.05) is 0 Å². The van der Waals surface area contributed by atoms with E-state index in [1.165, 1.54) is 17.7 Å². The number of nitrogens with one attached hydrogen (secondary N) is 1. The van der Waals surface area contributed by atoms with Crippen LogP contribution in [0, 0.1) is 12.7 Å². The van der Waals surface area contributed by atoms with Gasteiger partial charge < -0.3 is 5.32 Å². The van der Waals surface area contributed by atoms with Crippen LogP contribution in [-0.2, 0) is 13.1 Å². The summed E-state index contributed by atoms with van der Waals surface area (Å²) in [5, 5.41) is 3.31. The predicted molar refractivity (Wildman–Crippen MR) is 67.8 cm³/mol. The van der Waals surface area contributed by atoms with Crippen LogP contribution >= 0.6 is 0 Å². The molecule has 87 valence electrons. The molecule has 0 aromatic heterocycles. The zero-order valence-electron chi connectivity index (χ0n) is 9.62. The molecule has 0 saturated carbocycles. The zero-order chi connectivity index (χ0) is 12.1. The van der Waals surface area contributed by atoms with Gasteiger partial charge in [0.05, 0.1) is 0 Å². The van der Waals surface area contributed by atoms with E-state index in [9.17, 15) is 4.39 Å². The lowest BCUT2D eigenvalue weighted by Crippen LogP contribution is -2.12. The first-order valence-electron chi connectivity index (χ1n) is 5.60. The van der Waals surface area contributed by atoms with E-state index in [0.29, 0.717) is 0 Å². The standard InChI is InChI=1S/C15H15FN/c1-12-2-4-13(5-3-12)10-17-11-14-6-8-15(16)9-7-14/h2-9,17H,1,10-11H2. The number of halogens is 1. The van der Waals surface area contributed by atoms with Crippen molar-refractivity contribution in [1.29, 1.82) is 0 Å². The summed E-state index contributed by atoms with van der Waals surface area (Å²) < 4.78 is 12.7. The Bertz CT molecular complexity index is 414. The Morgan fingerprint density at radius 1 is 0.824 bits per heavy atom. The summed E-state index contributed by atoms with van der Waals surface area (Å²) in [6.07, 6.45) is 0. The third-order valence-electron chi connectivity index (χ3n) is 2.59. The van der Waals surface area contributed by atoms with Crippen molar-refractivity contribution in [1.82, 2.24) is 5.32 Å². The van der Waals surface area contributed by atoms with Gasteiger partial charge in [-0.3, -0.25) is 0 Å². The van der Waals surface area contributed by atoms with Crippen molar-refractivity contribution >= 4 is 0 Å². The highest BCUT2D eigenvalue weighted by molar-refractivity contribution is 5.24. The van der Waals surface area contributed by atoms with E-state index in [1.807, 2.05) is 12.1 Å². The first kappa shape index (κ1) is 11.8. The lowest BCUT2D eigenvalue weighted by molar-refractivity contribution is 0.625. The molecule has 1 radical (unpaired) electrons. The minimum Gasteiger partial charge on any atom is -0.309 e. The van der Waals surface area contributed by atoms with Crippen LogP contribution in [0.3, 0.4) is 0 Å². The van der Waals surface area contributed by atoms with Gasteiger partial charge in [0.15, 0.2) is 0 Å². The van der Waals surface area contributed by atoms with Crippen molar-refractivity contribution < 1.29 is 4.39 Å². The summed E-state index contributed by atoms with van der Waals surface area (Å²) in [5.74, 6) is -0.195. The lowest BCUT2D eigenvalue weighted by Gasteiger charge is -2.05. The molecule has 1 nitrogen and oxygen atoms in total. The van der Waals surface area contributed by atoms with Crippen molar-refractivity contribution in [3.8, 4) is 0 Å². The van der Waals surface area contributed by atoms with Gasteiger partial charge in [-0.15, -0.1) is 0 Å². The smallest absolute Gasteiger partial charge is 0.123 e. The normalized spacial score (nSPS) is 10.5. The summed E-state index contributed by atoms with van der Waals surface area (Å²) in [4.78, 5) is 0. The highest BCUT2D eigenvalue weighted by Gasteiger charge is 1.95. The molecule has 0 aliphatic rings. The van der Waals surface area contributed by atoms with Crippen LogP contribution in [0.15, 0.2) is 48.5 Å². The maximum atomic E-state index is 12.7. The van der Waals surface area contributed by atoms with E-state index < -0.39 is 0 Å². The Hall–Kier alpha value is -1.67. The molecule has 0 saturated heterocycles. The lowest BCUT2D eigenvalue weighted by atomic mass is 10.1. The quantitative estimate of drug-likeness (QED) is 0.846. The van der Waals surface area contributed by atoms with Gasteiger partial charge in [-0.2, -0.15) is 0 Å². The van der Waals surface area contributed by atoms with Crippen LogP contribution < -0.4 is 5.32 Å². The Labute approximate surface area is 101 Å². The molecule has 0 fully saturated rings. The summed E-state index contributed by atoms with van der Waals surface area (Å²) >= 11 is 0. The van der Waals surface area contributed by atoms with Gasteiger partial charge in [-0.05, 0) is 35.7 Å². The molecular weight excluding hydrogens is 213 g/mol. The second-order valence-corrected chi connectivity index (χ2v) is 4.05. The molecule has 17 heavy (non-hydrogen) atoms. The van der Waals surface area contributed by atoms with Gasteiger partial charge in [0.2, 0.25) is 0 Å². The molecular formula is C15H15FN. The van der Waals surface area contributed by atoms with Crippen molar-refractivity contribution in [3.63, 3.8) is 0 Å². The van der Waals surface area contributed by atoms with E-state index in [0.717, 1.165) is 24.2 Å². The Morgan fingerprint density at radius 2 is 1.29 bits per heavy atom. The van der Waals surface area contributed by atoms with Gasteiger partial charge in [0.25, 0.3) is 0 Å². The molecule has 1 N–H and O–H groups in total. The summed E-state index contributed by atoms with van der Waals surface area (Å²) in [7, 11) is 0. The third kappa shape index (κ3) is 3.68. The predicted octanol–water partition coefficient (Wildman–Crippen LogP) is 3.30. The molecule has 2 aromatic rings. The maximum Gasteiger partial charge on any atom is 0.123 e. The summed E-state index contributed by atoms with van der Waals surface area (Å²) in [5.41, 5.74) is 3.33. The molecule has 0 aliphatic heterocycles. The number of rotatable bonds is 4. The van der Waals surface area contributed by atoms with Gasteiger partial charge in [-0.1, -0.05) is 36.4 Å². The molecule has 0 amide bonds. The largest absolute Gasteiger partial charge is 0.309 e. The van der Waals surface area contributed by atoms with Crippen molar-refractivity contribution in [2.45, 2.75) is 13.1 Å². The van der Waals surface area contributed by atoms with E-state index in [1.54, 1.807) is 12.1 Å². The van der Waals surface area contributed by atoms with E-state index in [2.05, 4.69) is 24.4 Å². The fourth-order valence-corrected chi connectivity index (χ4v) is 1.61. The topological polar surface area (TPSA) is 12.0 Å². The number of hydrogen-bond donors (Lipinski definition) is 1.